The van der Waals surface area contributed by atoms with Gasteiger partial charge < -0.3 is 10.2 Å². The van der Waals surface area contributed by atoms with Crippen molar-refractivity contribution in [3.05, 3.63) is 46.3 Å². The second-order valence-corrected chi connectivity index (χ2v) is 9.45. The molecular formula is C23H26N2O2S. The molecule has 1 aromatic carbocycles. The molecule has 146 valence electrons. The number of benzene rings is 1. The van der Waals surface area contributed by atoms with E-state index in [0.717, 1.165) is 43.6 Å². The van der Waals surface area contributed by atoms with E-state index in [1.165, 1.54) is 34.4 Å². The van der Waals surface area contributed by atoms with Crippen LogP contribution in [0.2, 0.25) is 0 Å². The van der Waals surface area contributed by atoms with E-state index in [9.17, 15) is 9.59 Å². The van der Waals surface area contributed by atoms with E-state index in [0.29, 0.717) is 12.5 Å². The molecule has 2 aromatic rings. The van der Waals surface area contributed by atoms with Crippen molar-refractivity contribution in [3.63, 3.8) is 0 Å². The molecule has 1 saturated carbocycles. The van der Waals surface area contributed by atoms with Crippen LogP contribution in [-0.4, -0.2) is 36.3 Å². The Balaban J connectivity index is 1.30. The monoisotopic (exact) mass is 394 g/mol. The van der Waals surface area contributed by atoms with Crippen molar-refractivity contribution < 1.29 is 9.59 Å². The molecule has 1 saturated heterocycles. The molecule has 1 atom stereocenters. The third-order valence-electron chi connectivity index (χ3n) is 6.29. The summed E-state index contributed by atoms with van der Waals surface area (Å²) in [5.41, 5.74) is 3.95. The van der Waals surface area contributed by atoms with Crippen LogP contribution in [0.3, 0.4) is 0 Å². The molecule has 4 nitrogen and oxygen atoms in total. The number of fused-ring (bicyclic) bond motifs is 3. The van der Waals surface area contributed by atoms with Crippen LogP contribution in [0, 0.1) is 11.8 Å². The van der Waals surface area contributed by atoms with Crippen molar-refractivity contribution in [1.29, 1.82) is 0 Å². The van der Waals surface area contributed by atoms with Gasteiger partial charge in [0, 0.05) is 24.5 Å². The SMILES string of the molecule is O=C(NCC1CC1)C1CCCN(C(=O)c2cc3c(s2)-c2ccccc2CC3)C1. The quantitative estimate of drug-likeness (QED) is 0.855. The smallest absolute Gasteiger partial charge is 0.263 e. The zero-order valence-corrected chi connectivity index (χ0v) is 16.9. The Bertz CT molecular complexity index is 915. The number of hydrogen-bond donors (Lipinski definition) is 1. The first-order valence-electron chi connectivity index (χ1n) is 10.5. The lowest BCUT2D eigenvalue weighted by Crippen LogP contribution is -2.45. The first kappa shape index (κ1) is 17.9. The predicted octanol–water partition coefficient (Wildman–Crippen LogP) is 3.89. The van der Waals surface area contributed by atoms with Gasteiger partial charge >= 0.3 is 0 Å². The van der Waals surface area contributed by atoms with Gasteiger partial charge in [-0.05, 0) is 67.2 Å². The summed E-state index contributed by atoms with van der Waals surface area (Å²) >= 11 is 1.62. The summed E-state index contributed by atoms with van der Waals surface area (Å²) in [6.45, 7) is 2.11. The van der Waals surface area contributed by atoms with Crippen molar-refractivity contribution in [2.24, 2.45) is 11.8 Å². The second kappa shape index (κ2) is 7.36. The second-order valence-electron chi connectivity index (χ2n) is 8.40. The number of piperidine rings is 1. The number of likely N-dealkylation sites (tertiary alicyclic amines) is 1. The molecule has 2 fully saturated rings. The maximum atomic E-state index is 13.2. The highest BCUT2D eigenvalue weighted by Gasteiger charge is 2.31. The molecule has 5 rings (SSSR count). The van der Waals surface area contributed by atoms with Crippen LogP contribution in [0.1, 0.15) is 46.5 Å². The fourth-order valence-corrected chi connectivity index (χ4v) is 5.66. The molecule has 2 heterocycles. The molecule has 0 bridgehead atoms. The number of rotatable bonds is 4. The van der Waals surface area contributed by atoms with Gasteiger partial charge in [0.25, 0.3) is 5.91 Å². The largest absolute Gasteiger partial charge is 0.356 e. The van der Waals surface area contributed by atoms with Gasteiger partial charge in [0.1, 0.15) is 0 Å². The summed E-state index contributed by atoms with van der Waals surface area (Å²) in [6, 6.07) is 10.6. The Hall–Kier alpha value is -2.14. The molecule has 1 aromatic heterocycles. The number of nitrogens with one attached hydrogen (secondary N) is 1. The van der Waals surface area contributed by atoms with Gasteiger partial charge in [-0.15, -0.1) is 11.3 Å². The van der Waals surface area contributed by atoms with Crippen LogP contribution < -0.4 is 5.32 Å². The molecule has 3 aliphatic rings. The van der Waals surface area contributed by atoms with Crippen molar-refractivity contribution >= 4 is 23.2 Å². The predicted molar refractivity (Wildman–Crippen MR) is 112 cm³/mol. The van der Waals surface area contributed by atoms with Crippen LogP contribution in [0.15, 0.2) is 30.3 Å². The molecule has 1 N–H and O–H groups in total. The van der Waals surface area contributed by atoms with Gasteiger partial charge in [0.15, 0.2) is 0 Å². The molecule has 5 heteroatoms. The minimum Gasteiger partial charge on any atom is -0.356 e. The Kier molecular flexibility index (Phi) is 4.71. The summed E-state index contributed by atoms with van der Waals surface area (Å²) in [4.78, 5) is 29.6. The van der Waals surface area contributed by atoms with Crippen molar-refractivity contribution in [3.8, 4) is 10.4 Å². The topological polar surface area (TPSA) is 49.4 Å². The summed E-state index contributed by atoms with van der Waals surface area (Å²) in [7, 11) is 0. The van der Waals surface area contributed by atoms with Crippen molar-refractivity contribution in [2.75, 3.05) is 19.6 Å². The first-order valence-corrected chi connectivity index (χ1v) is 11.3. The molecule has 2 amide bonds. The Morgan fingerprint density at radius 3 is 2.79 bits per heavy atom. The molecule has 1 unspecified atom stereocenters. The molecule has 0 radical (unpaired) electrons. The highest BCUT2D eigenvalue weighted by atomic mass is 32.1. The van der Waals surface area contributed by atoms with Gasteiger partial charge in [0.05, 0.1) is 10.8 Å². The summed E-state index contributed by atoms with van der Waals surface area (Å²) in [6.07, 6.45) is 6.31. The molecule has 28 heavy (non-hydrogen) atoms. The Labute approximate surface area is 169 Å². The van der Waals surface area contributed by atoms with E-state index < -0.39 is 0 Å². The van der Waals surface area contributed by atoms with E-state index in [1.54, 1.807) is 11.3 Å². The average Bonchev–Trinajstić information content (AvgIpc) is 3.47. The maximum absolute atomic E-state index is 13.2. The number of carbonyl (C=O) groups is 2. The standard InChI is InChI=1S/C23H26N2O2S/c26-22(24-13-15-7-8-15)18-5-3-11-25(14-18)23(27)20-12-17-10-9-16-4-1-2-6-19(16)21(17)28-20/h1-2,4,6,12,15,18H,3,5,7-11,13-14H2,(H,24,26). The van der Waals surface area contributed by atoms with E-state index in [-0.39, 0.29) is 17.7 Å². The highest BCUT2D eigenvalue weighted by Crippen LogP contribution is 2.40. The minimum atomic E-state index is -0.0632. The average molecular weight is 395 g/mol. The van der Waals surface area contributed by atoms with Crippen LogP contribution in [0.25, 0.3) is 10.4 Å². The number of carbonyl (C=O) groups excluding carboxylic acids is 2. The number of hydrogen-bond acceptors (Lipinski definition) is 3. The van der Waals surface area contributed by atoms with Crippen molar-refractivity contribution in [1.82, 2.24) is 10.2 Å². The van der Waals surface area contributed by atoms with E-state index in [1.807, 2.05) is 4.90 Å². The van der Waals surface area contributed by atoms with Crippen molar-refractivity contribution in [2.45, 2.75) is 38.5 Å². The molecule has 1 aliphatic heterocycles. The fraction of sp³-hybridized carbons (Fsp3) is 0.478. The number of amides is 2. The van der Waals surface area contributed by atoms with Gasteiger partial charge in [-0.25, -0.2) is 0 Å². The Morgan fingerprint density at radius 2 is 1.93 bits per heavy atom. The Morgan fingerprint density at radius 1 is 1.11 bits per heavy atom. The number of aryl methyl sites for hydroxylation is 2. The molecule has 2 aliphatic carbocycles. The summed E-state index contributed by atoms with van der Waals surface area (Å²) in [5.74, 6) is 0.845. The van der Waals surface area contributed by atoms with Crippen LogP contribution >= 0.6 is 11.3 Å². The van der Waals surface area contributed by atoms with Crippen LogP contribution in [0.5, 0.6) is 0 Å². The lowest BCUT2D eigenvalue weighted by molar-refractivity contribution is -0.126. The lowest BCUT2D eigenvalue weighted by Gasteiger charge is -2.31. The zero-order valence-electron chi connectivity index (χ0n) is 16.1. The summed E-state index contributed by atoms with van der Waals surface area (Å²) < 4.78 is 0. The van der Waals surface area contributed by atoms with Gasteiger partial charge in [0.2, 0.25) is 5.91 Å². The van der Waals surface area contributed by atoms with Gasteiger partial charge in [-0.2, -0.15) is 0 Å². The number of thiophene rings is 1. The summed E-state index contributed by atoms with van der Waals surface area (Å²) in [5, 5.41) is 3.09. The van der Waals surface area contributed by atoms with Crippen LogP contribution in [0.4, 0.5) is 0 Å². The van der Waals surface area contributed by atoms with E-state index in [2.05, 4.69) is 35.6 Å². The normalized spacial score (nSPS) is 21.0. The first-order chi connectivity index (χ1) is 13.7. The maximum Gasteiger partial charge on any atom is 0.263 e. The molecular weight excluding hydrogens is 368 g/mol. The fourth-order valence-electron chi connectivity index (χ4n) is 4.42. The molecule has 0 spiro atoms. The minimum absolute atomic E-state index is 0.0632. The highest BCUT2D eigenvalue weighted by molar-refractivity contribution is 7.17. The third kappa shape index (κ3) is 3.48. The van der Waals surface area contributed by atoms with Gasteiger partial charge in [-0.1, -0.05) is 24.3 Å². The van der Waals surface area contributed by atoms with Crippen LogP contribution in [-0.2, 0) is 17.6 Å². The van der Waals surface area contributed by atoms with E-state index in [4.69, 9.17) is 0 Å². The zero-order chi connectivity index (χ0) is 19.1. The van der Waals surface area contributed by atoms with Gasteiger partial charge in [-0.3, -0.25) is 9.59 Å². The lowest BCUT2D eigenvalue weighted by atomic mass is 9.91. The number of nitrogens with zero attached hydrogens (tertiary/aromatic N) is 1. The third-order valence-corrected chi connectivity index (χ3v) is 7.49. The van der Waals surface area contributed by atoms with E-state index >= 15 is 0 Å².